The van der Waals surface area contributed by atoms with Gasteiger partial charge in [-0.25, -0.2) is 0 Å². The predicted molar refractivity (Wildman–Crippen MR) is 73.2 cm³/mol. The van der Waals surface area contributed by atoms with Crippen molar-refractivity contribution in [3.63, 3.8) is 0 Å². The largest absolute Gasteiger partial charge is 0.361 e. The molecule has 0 aliphatic heterocycles. The van der Waals surface area contributed by atoms with Gasteiger partial charge in [-0.1, -0.05) is 24.3 Å². The van der Waals surface area contributed by atoms with Gasteiger partial charge in [0.05, 0.1) is 0 Å². The van der Waals surface area contributed by atoms with Crippen LogP contribution in [0.25, 0.3) is 10.9 Å². The predicted octanol–water partition coefficient (Wildman–Crippen LogP) is 2.81. The summed E-state index contributed by atoms with van der Waals surface area (Å²) in [5.41, 5.74) is 9.75. The number of nitrogens with one attached hydrogen (secondary N) is 1. The van der Waals surface area contributed by atoms with Crippen LogP contribution in [0.1, 0.15) is 17.2 Å². The van der Waals surface area contributed by atoms with Crippen molar-refractivity contribution in [2.24, 2.45) is 5.73 Å². The van der Waals surface area contributed by atoms with Crippen molar-refractivity contribution in [1.82, 2.24) is 9.97 Å². The highest BCUT2D eigenvalue weighted by atomic mass is 14.7. The number of hydrogen-bond donors (Lipinski definition) is 2. The molecule has 3 nitrogen and oxygen atoms in total. The molecule has 0 aliphatic rings. The zero-order valence-corrected chi connectivity index (χ0v) is 10.0. The number of pyridine rings is 1. The maximum Gasteiger partial charge on any atom is 0.0457 e. The maximum absolute atomic E-state index is 6.29. The first-order valence-corrected chi connectivity index (χ1v) is 6.05. The second kappa shape index (κ2) is 4.63. The van der Waals surface area contributed by atoms with E-state index in [-0.39, 0.29) is 6.04 Å². The van der Waals surface area contributed by atoms with Gasteiger partial charge < -0.3 is 10.7 Å². The Morgan fingerprint density at radius 2 is 2.06 bits per heavy atom. The number of benzene rings is 1. The van der Waals surface area contributed by atoms with Crippen molar-refractivity contribution < 1.29 is 0 Å². The lowest BCUT2D eigenvalue weighted by Crippen LogP contribution is -2.12. The molecule has 2 aromatic heterocycles. The van der Waals surface area contributed by atoms with E-state index in [9.17, 15) is 0 Å². The van der Waals surface area contributed by atoms with E-state index >= 15 is 0 Å². The van der Waals surface area contributed by atoms with Gasteiger partial charge in [0.25, 0.3) is 0 Å². The molecule has 3 rings (SSSR count). The van der Waals surface area contributed by atoms with Crippen LogP contribution in [0.2, 0.25) is 0 Å². The quantitative estimate of drug-likeness (QED) is 0.736. The Balaban J connectivity index is 1.90. The number of fused-ring (bicyclic) bond motifs is 1. The molecule has 90 valence electrons. The molecule has 1 unspecified atom stereocenters. The first kappa shape index (κ1) is 11.0. The average molecular weight is 237 g/mol. The highest BCUT2D eigenvalue weighted by Gasteiger charge is 2.11. The van der Waals surface area contributed by atoms with Gasteiger partial charge in [0, 0.05) is 35.5 Å². The van der Waals surface area contributed by atoms with Crippen LogP contribution in [0, 0.1) is 0 Å². The lowest BCUT2D eigenvalue weighted by Gasteiger charge is -2.10. The van der Waals surface area contributed by atoms with E-state index in [1.807, 2.05) is 30.6 Å². The summed E-state index contributed by atoms with van der Waals surface area (Å²) in [5, 5.41) is 1.20. The Labute approximate surface area is 106 Å². The molecule has 0 aliphatic carbocycles. The molecule has 0 amide bonds. The first-order chi connectivity index (χ1) is 8.84. The summed E-state index contributed by atoms with van der Waals surface area (Å²) in [4.78, 5) is 7.38. The number of rotatable bonds is 3. The van der Waals surface area contributed by atoms with Crippen LogP contribution in [-0.2, 0) is 6.42 Å². The van der Waals surface area contributed by atoms with Gasteiger partial charge in [0.1, 0.15) is 0 Å². The molecular weight excluding hydrogens is 222 g/mol. The average Bonchev–Trinajstić information content (AvgIpc) is 2.84. The number of para-hydroxylation sites is 1. The zero-order valence-electron chi connectivity index (χ0n) is 10.0. The molecule has 0 fully saturated rings. The van der Waals surface area contributed by atoms with Crippen LogP contribution in [-0.4, -0.2) is 9.97 Å². The third kappa shape index (κ3) is 2.00. The molecule has 18 heavy (non-hydrogen) atoms. The number of hydrogen-bond acceptors (Lipinski definition) is 2. The molecule has 2 heterocycles. The second-order valence-corrected chi connectivity index (χ2v) is 4.46. The van der Waals surface area contributed by atoms with Crippen LogP contribution in [0.4, 0.5) is 0 Å². The minimum absolute atomic E-state index is 0.00894. The Morgan fingerprint density at radius 1 is 1.17 bits per heavy atom. The van der Waals surface area contributed by atoms with Crippen molar-refractivity contribution in [3.8, 4) is 0 Å². The van der Waals surface area contributed by atoms with E-state index in [0.717, 1.165) is 23.1 Å². The van der Waals surface area contributed by atoms with Crippen molar-refractivity contribution in [2.75, 3.05) is 0 Å². The third-order valence-corrected chi connectivity index (χ3v) is 3.20. The van der Waals surface area contributed by atoms with E-state index in [4.69, 9.17) is 5.73 Å². The fourth-order valence-corrected chi connectivity index (χ4v) is 2.28. The summed E-state index contributed by atoms with van der Waals surface area (Å²) in [6, 6.07) is 12.2. The normalized spacial score (nSPS) is 12.7. The minimum atomic E-state index is -0.00894. The fourth-order valence-electron chi connectivity index (χ4n) is 2.28. The summed E-state index contributed by atoms with van der Waals surface area (Å²) >= 11 is 0. The molecule has 0 saturated heterocycles. The van der Waals surface area contributed by atoms with E-state index < -0.39 is 0 Å². The highest BCUT2D eigenvalue weighted by molar-refractivity contribution is 5.83. The van der Waals surface area contributed by atoms with Gasteiger partial charge in [0.2, 0.25) is 0 Å². The molecule has 0 radical (unpaired) electrons. The van der Waals surface area contributed by atoms with Crippen molar-refractivity contribution in [1.29, 1.82) is 0 Å². The van der Waals surface area contributed by atoms with Crippen molar-refractivity contribution in [3.05, 3.63) is 66.1 Å². The van der Waals surface area contributed by atoms with Crippen LogP contribution in [0.5, 0.6) is 0 Å². The number of nitrogens with zero attached hydrogens (tertiary/aromatic N) is 1. The van der Waals surface area contributed by atoms with Crippen molar-refractivity contribution >= 4 is 10.9 Å². The Morgan fingerprint density at radius 3 is 2.89 bits per heavy atom. The van der Waals surface area contributed by atoms with Crippen LogP contribution >= 0.6 is 0 Å². The first-order valence-electron chi connectivity index (χ1n) is 6.05. The summed E-state index contributed by atoms with van der Waals surface area (Å²) in [6.07, 6.45) is 6.46. The van der Waals surface area contributed by atoms with Gasteiger partial charge >= 0.3 is 0 Å². The van der Waals surface area contributed by atoms with Gasteiger partial charge in [-0.2, -0.15) is 0 Å². The van der Waals surface area contributed by atoms with Gasteiger partial charge in [-0.15, -0.1) is 0 Å². The summed E-state index contributed by atoms with van der Waals surface area (Å²) in [6.45, 7) is 0. The van der Waals surface area contributed by atoms with E-state index in [2.05, 4.69) is 28.2 Å². The number of aromatic nitrogens is 2. The molecule has 3 aromatic rings. The summed E-state index contributed by atoms with van der Waals surface area (Å²) in [5.74, 6) is 0. The van der Waals surface area contributed by atoms with E-state index in [0.29, 0.717) is 0 Å². The summed E-state index contributed by atoms with van der Waals surface area (Å²) < 4.78 is 0. The smallest absolute Gasteiger partial charge is 0.0457 e. The van der Waals surface area contributed by atoms with Gasteiger partial charge in [0.15, 0.2) is 0 Å². The topological polar surface area (TPSA) is 54.7 Å². The minimum Gasteiger partial charge on any atom is -0.361 e. The van der Waals surface area contributed by atoms with E-state index in [1.54, 1.807) is 6.20 Å². The Bertz CT molecular complexity index is 643. The van der Waals surface area contributed by atoms with Crippen molar-refractivity contribution in [2.45, 2.75) is 12.5 Å². The molecule has 1 atom stereocenters. The van der Waals surface area contributed by atoms with Gasteiger partial charge in [-0.05, 0) is 29.7 Å². The molecule has 3 N–H and O–H groups in total. The van der Waals surface area contributed by atoms with Crippen LogP contribution in [0.15, 0.2) is 55.0 Å². The van der Waals surface area contributed by atoms with Crippen LogP contribution < -0.4 is 5.73 Å². The zero-order chi connectivity index (χ0) is 12.4. The molecule has 1 aromatic carbocycles. The molecule has 3 heteroatoms. The maximum atomic E-state index is 6.29. The molecule has 0 bridgehead atoms. The fraction of sp³-hybridized carbons (Fsp3) is 0.133. The van der Waals surface area contributed by atoms with Gasteiger partial charge in [-0.3, -0.25) is 4.98 Å². The highest BCUT2D eigenvalue weighted by Crippen LogP contribution is 2.24. The second-order valence-electron chi connectivity index (χ2n) is 4.46. The SMILES string of the molecule is NC(Cc1cccnc1)c1c[nH]c2ccccc12. The Hall–Kier alpha value is -2.13. The van der Waals surface area contributed by atoms with E-state index in [1.165, 1.54) is 5.39 Å². The lowest BCUT2D eigenvalue weighted by molar-refractivity contribution is 0.725. The number of aromatic amines is 1. The molecular formula is C15H15N3. The monoisotopic (exact) mass is 237 g/mol. The number of H-pyrrole nitrogens is 1. The molecule has 0 saturated carbocycles. The third-order valence-electron chi connectivity index (χ3n) is 3.20. The molecule has 0 spiro atoms. The standard InChI is InChI=1S/C15H15N3/c16-14(8-11-4-3-7-17-9-11)13-10-18-15-6-2-1-5-12(13)15/h1-7,9-10,14,18H,8,16H2. The van der Waals surface area contributed by atoms with Crippen LogP contribution in [0.3, 0.4) is 0 Å². The lowest BCUT2D eigenvalue weighted by atomic mass is 10.0. The Kier molecular flexibility index (Phi) is 2.82. The number of nitrogens with two attached hydrogens (primary N) is 1. The summed E-state index contributed by atoms with van der Waals surface area (Å²) in [7, 11) is 0.